The molecule has 1 fully saturated rings. The van der Waals surface area contributed by atoms with Crippen LogP contribution in [-0.2, 0) is 9.47 Å². The quantitative estimate of drug-likeness (QED) is 0.832. The molecule has 2 N–H and O–H groups in total. The highest BCUT2D eigenvalue weighted by Crippen LogP contribution is 2.36. The second kappa shape index (κ2) is 5.31. The third-order valence-corrected chi connectivity index (χ3v) is 3.44. The van der Waals surface area contributed by atoms with Gasteiger partial charge in [0.25, 0.3) is 0 Å². The van der Waals surface area contributed by atoms with Crippen LogP contribution in [0.4, 0.5) is 0 Å². The average Bonchev–Trinajstić information content (AvgIpc) is 2.35. The monoisotopic (exact) mass is 263 g/mol. The first-order valence-electron chi connectivity index (χ1n) is 6.53. The highest BCUT2D eigenvalue weighted by Gasteiger charge is 2.33. The molecule has 1 aliphatic heterocycles. The lowest BCUT2D eigenvalue weighted by Gasteiger charge is -2.39. The summed E-state index contributed by atoms with van der Waals surface area (Å²) < 4.78 is 10.7. The van der Waals surface area contributed by atoms with Gasteiger partial charge in [-0.3, -0.25) is 0 Å². The Bertz CT molecular complexity index is 453. The van der Waals surface area contributed by atoms with Gasteiger partial charge in [-0.15, -0.1) is 0 Å². The van der Waals surface area contributed by atoms with Crippen LogP contribution in [-0.4, -0.2) is 24.7 Å². The van der Waals surface area contributed by atoms with Gasteiger partial charge < -0.3 is 15.2 Å². The summed E-state index contributed by atoms with van der Waals surface area (Å²) in [5.74, 6) is -0.326. The molecule has 0 unspecified atom stereocenters. The lowest BCUT2D eigenvalue weighted by Crippen LogP contribution is -2.42. The number of hydrogen-bond acceptors (Lipinski definition) is 4. The molecule has 2 atom stereocenters. The third-order valence-electron chi connectivity index (χ3n) is 3.44. The van der Waals surface area contributed by atoms with Gasteiger partial charge in [-0.25, -0.2) is 4.79 Å². The van der Waals surface area contributed by atoms with Crippen molar-refractivity contribution in [3.63, 3.8) is 0 Å². The number of methoxy groups -OCH3 is 1. The molecule has 0 radical (unpaired) electrons. The maximum Gasteiger partial charge on any atom is 0.337 e. The fraction of sp³-hybridized carbons (Fsp3) is 0.533. The van der Waals surface area contributed by atoms with Crippen molar-refractivity contribution >= 4 is 5.97 Å². The van der Waals surface area contributed by atoms with Crippen molar-refractivity contribution in [2.75, 3.05) is 7.11 Å². The van der Waals surface area contributed by atoms with Crippen molar-refractivity contribution in [3.8, 4) is 0 Å². The normalized spacial score (nSPS) is 25.9. The lowest BCUT2D eigenvalue weighted by molar-refractivity contribution is -0.115. The summed E-state index contributed by atoms with van der Waals surface area (Å²) in [5, 5.41) is 0. The van der Waals surface area contributed by atoms with Crippen LogP contribution in [0, 0.1) is 0 Å². The zero-order valence-electron chi connectivity index (χ0n) is 11.7. The summed E-state index contributed by atoms with van der Waals surface area (Å²) in [7, 11) is 1.38. The average molecular weight is 263 g/mol. The Morgan fingerprint density at radius 3 is 2.53 bits per heavy atom. The van der Waals surface area contributed by atoms with Gasteiger partial charge >= 0.3 is 5.97 Å². The predicted octanol–water partition coefficient (Wildman–Crippen LogP) is 2.43. The van der Waals surface area contributed by atoms with Gasteiger partial charge in [0, 0.05) is 6.04 Å². The van der Waals surface area contributed by atoms with Gasteiger partial charge in [0.05, 0.1) is 24.4 Å². The van der Waals surface area contributed by atoms with Crippen LogP contribution in [0.15, 0.2) is 24.3 Å². The summed E-state index contributed by atoms with van der Waals surface area (Å²) in [6.07, 6.45) is 1.66. The van der Waals surface area contributed by atoms with Gasteiger partial charge in [0.15, 0.2) is 0 Å². The van der Waals surface area contributed by atoms with E-state index in [-0.39, 0.29) is 23.7 Å². The number of carbonyl (C=O) groups excluding carboxylic acids is 1. The summed E-state index contributed by atoms with van der Waals surface area (Å²) in [6.45, 7) is 4.11. The molecule has 1 saturated heterocycles. The highest BCUT2D eigenvalue weighted by atomic mass is 16.5. The molecule has 104 valence electrons. The van der Waals surface area contributed by atoms with E-state index in [0.717, 1.165) is 18.4 Å². The topological polar surface area (TPSA) is 61.5 Å². The van der Waals surface area contributed by atoms with E-state index in [1.54, 1.807) is 12.1 Å². The Balaban J connectivity index is 2.15. The molecule has 2 rings (SSSR count). The fourth-order valence-electron chi connectivity index (χ4n) is 2.63. The van der Waals surface area contributed by atoms with Gasteiger partial charge in [-0.05, 0) is 44.4 Å². The van der Waals surface area contributed by atoms with Crippen molar-refractivity contribution < 1.29 is 14.3 Å². The molecule has 0 spiro atoms. The van der Waals surface area contributed by atoms with Crippen LogP contribution in [0.1, 0.15) is 48.7 Å². The number of benzene rings is 1. The van der Waals surface area contributed by atoms with Crippen LogP contribution < -0.4 is 5.73 Å². The Hall–Kier alpha value is -1.39. The molecule has 1 aromatic carbocycles. The zero-order chi connectivity index (χ0) is 14.0. The van der Waals surface area contributed by atoms with Crippen LogP contribution in [0.3, 0.4) is 0 Å². The number of nitrogens with two attached hydrogens (primary N) is 1. The van der Waals surface area contributed by atoms with Crippen LogP contribution >= 0.6 is 0 Å². The molecule has 0 aromatic heterocycles. The Morgan fingerprint density at radius 2 is 2.00 bits per heavy atom. The Morgan fingerprint density at radius 1 is 1.37 bits per heavy atom. The fourth-order valence-corrected chi connectivity index (χ4v) is 2.63. The summed E-state index contributed by atoms with van der Waals surface area (Å²) in [6, 6.07) is 7.49. The van der Waals surface area contributed by atoms with Crippen molar-refractivity contribution in [3.05, 3.63) is 35.4 Å². The number of hydrogen-bond donors (Lipinski definition) is 1. The lowest BCUT2D eigenvalue weighted by atomic mass is 9.88. The minimum Gasteiger partial charge on any atom is -0.465 e. The van der Waals surface area contributed by atoms with E-state index >= 15 is 0 Å². The SMILES string of the molecule is COC(=O)c1ccc([C@H]2C[C@@H](N)CC(C)(C)O2)cc1. The Labute approximate surface area is 113 Å². The minimum absolute atomic E-state index is 0.00885. The number of esters is 1. The van der Waals surface area contributed by atoms with E-state index in [4.69, 9.17) is 10.5 Å². The van der Waals surface area contributed by atoms with Crippen molar-refractivity contribution in [2.24, 2.45) is 5.73 Å². The summed E-state index contributed by atoms with van der Waals surface area (Å²) in [5.41, 5.74) is 7.48. The molecule has 4 heteroatoms. The first-order chi connectivity index (χ1) is 8.91. The molecular formula is C15H21NO3. The zero-order valence-corrected chi connectivity index (χ0v) is 11.7. The standard InChI is InChI=1S/C15H21NO3/c1-15(2)9-12(16)8-13(19-15)10-4-6-11(7-5-10)14(17)18-3/h4-7,12-13H,8-9,16H2,1-3H3/t12-,13-/m1/s1. The van der Waals surface area contributed by atoms with E-state index < -0.39 is 0 Å². The van der Waals surface area contributed by atoms with E-state index in [0.29, 0.717) is 5.56 Å². The van der Waals surface area contributed by atoms with Gasteiger partial charge in [0.1, 0.15) is 0 Å². The van der Waals surface area contributed by atoms with E-state index in [1.807, 2.05) is 12.1 Å². The number of carbonyl (C=O) groups is 1. The molecule has 0 saturated carbocycles. The minimum atomic E-state index is -0.326. The summed E-state index contributed by atoms with van der Waals surface area (Å²) in [4.78, 5) is 11.4. The molecule has 1 aromatic rings. The molecular weight excluding hydrogens is 242 g/mol. The van der Waals surface area contributed by atoms with Crippen LogP contribution in [0.2, 0.25) is 0 Å². The van der Waals surface area contributed by atoms with Crippen LogP contribution in [0.25, 0.3) is 0 Å². The molecule has 0 amide bonds. The third kappa shape index (κ3) is 3.33. The maximum atomic E-state index is 11.4. The van der Waals surface area contributed by atoms with Crippen LogP contribution in [0.5, 0.6) is 0 Å². The van der Waals surface area contributed by atoms with Crippen molar-refractivity contribution in [2.45, 2.75) is 44.4 Å². The molecule has 0 bridgehead atoms. The largest absolute Gasteiger partial charge is 0.465 e. The smallest absolute Gasteiger partial charge is 0.337 e. The molecule has 0 aliphatic carbocycles. The summed E-state index contributed by atoms with van der Waals surface area (Å²) >= 11 is 0. The molecule has 1 heterocycles. The van der Waals surface area contributed by atoms with Crippen molar-refractivity contribution in [1.82, 2.24) is 0 Å². The highest BCUT2D eigenvalue weighted by molar-refractivity contribution is 5.89. The first kappa shape index (κ1) is 14.0. The van der Waals surface area contributed by atoms with E-state index in [9.17, 15) is 4.79 Å². The van der Waals surface area contributed by atoms with Gasteiger partial charge in [0.2, 0.25) is 0 Å². The number of ether oxygens (including phenoxy) is 2. The predicted molar refractivity (Wildman–Crippen MR) is 72.9 cm³/mol. The molecule has 4 nitrogen and oxygen atoms in total. The number of rotatable bonds is 2. The maximum absolute atomic E-state index is 11.4. The molecule has 1 aliphatic rings. The Kier molecular flexibility index (Phi) is 3.92. The van der Waals surface area contributed by atoms with E-state index in [2.05, 4.69) is 18.6 Å². The van der Waals surface area contributed by atoms with Crippen molar-refractivity contribution in [1.29, 1.82) is 0 Å². The first-order valence-corrected chi connectivity index (χ1v) is 6.53. The second-order valence-corrected chi connectivity index (χ2v) is 5.68. The van der Waals surface area contributed by atoms with E-state index in [1.165, 1.54) is 7.11 Å². The second-order valence-electron chi connectivity index (χ2n) is 5.68. The van der Waals surface area contributed by atoms with Gasteiger partial charge in [-0.1, -0.05) is 12.1 Å². The van der Waals surface area contributed by atoms with Gasteiger partial charge in [-0.2, -0.15) is 0 Å². The molecule has 19 heavy (non-hydrogen) atoms.